The van der Waals surface area contributed by atoms with Crippen LogP contribution in [0.3, 0.4) is 0 Å². The highest BCUT2D eigenvalue weighted by atomic mass is 15.3. The second-order valence-corrected chi connectivity index (χ2v) is 7.21. The number of imidazole rings is 1. The van der Waals surface area contributed by atoms with Crippen molar-refractivity contribution >= 4 is 22.8 Å². The molecule has 136 valence electrons. The van der Waals surface area contributed by atoms with E-state index in [0.717, 1.165) is 54.8 Å². The summed E-state index contributed by atoms with van der Waals surface area (Å²) in [6, 6.07) is 10.6. The summed E-state index contributed by atoms with van der Waals surface area (Å²) >= 11 is 0. The maximum Gasteiger partial charge on any atom is 0.177 e. The summed E-state index contributed by atoms with van der Waals surface area (Å²) in [4.78, 5) is 4.88. The first-order valence-electron chi connectivity index (χ1n) is 9.39. The predicted molar refractivity (Wildman–Crippen MR) is 106 cm³/mol. The zero-order chi connectivity index (χ0) is 18.1. The molecular formula is C20H26N6. The number of nitrogens with zero attached hydrogens (tertiary/aromatic N) is 3. The van der Waals surface area contributed by atoms with Crippen molar-refractivity contribution in [3.63, 3.8) is 0 Å². The van der Waals surface area contributed by atoms with Crippen molar-refractivity contribution in [2.24, 2.45) is 5.73 Å². The molecule has 0 radical (unpaired) electrons. The zero-order valence-electron chi connectivity index (χ0n) is 15.2. The Bertz CT molecular complexity index is 908. The molecule has 6 heteroatoms. The molecule has 1 saturated carbocycles. The van der Waals surface area contributed by atoms with Gasteiger partial charge in [0, 0.05) is 23.7 Å². The molecule has 0 unspecified atom stereocenters. The summed E-state index contributed by atoms with van der Waals surface area (Å²) in [5.41, 5.74) is 17.2. The highest BCUT2D eigenvalue weighted by Gasteiger charge is 2.23. The normalized spacial score (nSPS) is 20.4. The Morgan fingerprint density at radius 2 is 2.00 bits per heavy atom. The molecule has 1 aliphatic carbocycles. The van der Waals surface area contributed by atoms with Crippen LogP contribution in [0.25, 0.3) is 5.65 Å². The fourth-order valence-corrected chi connectivity index (χ4v) is 3.74. The number of nitrogens with two attached hydrogens (primary N) is 2. The lowest BCUT2D eigenvalue weighted by atomic mass is 9.85. The molecule has 4 rings (SSSR count). The molecule has 0 spiro atoms. The second-order valence-electron chi connectivity index (χ2n) is 7.21. The SMILES string of the molecule is CCc1cccc(Nc2cc(N)nn3cc([C@H]4CC[C@H](N)CC4)nc23)c1. The molecule has 1 aromatic carbocycles. The third-order valence-electron chi connectivity index (χ3n) is 5.27. The number of aromatic nitrogens is 3. The van der Waals surface area contributed by atoms with Crippen molar-refractivity contribution in [3.8, 4) is 0 Å². The molecule has 2 heterocycles. The number of nitrogens with one attached hydrogen (secondary N) is 1. The molecule has 2 aromatic heterocycles. The lowest BCUT2D eigenvalue weighted by Crippen LogP contribution is -2.25. The van der Waals surface area contributed by atoms with E-state index in [-0.39, 0.29) is 0 Å². The van der Waals surface area contributed by atoms with Gasteiger partial charge in [0.25, 0.3) is 0 Å². The van der Waals surface area contributed by atoms with Gasteiger partial charge in [-0.2, -0.15) is 0 Å². The van der Waals surface area contributed by atoms with Gasteiger partial charge in [-0.3, -0.25) is 0 Å². The average Bonchev–Trinajstić information content (AvgIpc) is 3.06. The molecule has 26 heavy (non-hydrogen) atoms. The number of aryl methyl sites for hydroxylation is 1. The van der Waals surface area contributed by atoms with Crippen molar-refractivity contribution in [1.82, 2.24) is 14.6 Å². The molecule has 0 atom stereocenters. The Hall–Kier alpha value is -2.60. The van der Waals surface area contributed by atoms with E-state index in [2.05, 4.69) is 41.6 Å². The van der Waals surface area contributed by atoms with E-state index < -0.39 is 0 Å². The van der Waals surface area contributed by atoms with Gasteiger partial charge in [-0.05, 0) is 49.8 Å². The first-order chi connectivity index (χ1) is 12.6. The Balaban J connectivity index is 1.67. The lowest BCUT2D eigenvalue weighted by molar-refractivity contribution is 0.391. The molecule has 5 N–H and O–H groups in total. The molecule has 1 fully saturated rings. The third-order valence-corrected chi connectivity index (χ3v) is 5.27. The number of hydrogen-bond donors (Lipinski definition) is 3. The summed E-state index contributed by atoms with van der Waals surface area (Å²) in [7, 11) is 0. The standard InChI is InChI=1S/C20H26N6/c1-2-13-4-3-5-16(10-13)23-17-11-19(22)25-26-12-18(24-20(17)26)14-6-8-15(21)9-7-14/h3-5,10-12,14-15,23H,2,6-9,21H2,1H3,(H2,22,25)/t14-,15-. The van der Waals surface area contributed by atoms with E-state index in [4.69, 9.17) is 16.5 Å². The van der Waals surface area contributed by atoms with Gasteiger partial charge in [0.2, 0.25) is 0 Å². The van der Waals surface area contributed by atoms with Gasteiger partial charge >= 0.3 is 0 Å². The Morgan fingerprint density at radius 3 is 2.77 bits per heavy atom. The van der Waals surface area contributed by atoms with E-state index in [0.29, 0.717) is 17.8 Å². The first-order valence-corrected chi connectivity index (χ1v) is 9.39. The number of fused-ring (bicyclic) bond motifs is 1. The van der Waals surface area contributed by atoms with E-state index in [1.165, 1.54) is 5.56 Å². The molecule has 1 aliphatic rings. The molecule has 0 aliphatic heterocycles. The van der Waals surface area contributed by atoms with Crippen LogP contribution in [0.2, 0.25) is 0 Å². The first kappa shape index (κ1) is 16.8. The van der Waals surface area contributed by atoms with Gasteiger partial charge in [0.1, 0.15) is 5.82 Å². The van der Waals surface area contributed by atoms with Crippen LogP contribution in [0, 0.1) is 0 Å². The molecule has 3 aromatic rings. The van der Waals surface area contributed by atoms with Crippen LogP contribution >= 0.6 is 0 Å². The fraction of sp³-hybridized carbons (Fsp3) is 0.400. The van der Waals surface area contributed by atoms with Crippen molar-refractivity contribution in [3.05, 3.63) is 47.8 Å². The highest BCUT2D eigenvalue weighted by Crippen LogP contribution is 2.33. The quantitative estimate of drug-likeness (QED) is 0.668. The predicted octanol–water partition coefficient (Wildman–Crippen LogP) is 3.60. The maximum atomic E-state index is 6.04. The van der Waals surface area contributed by atoms with E-state index in [1.807, 2.05) is 12.3 Å². The van der Waals surface area contributed by atoms with Crippen LogP contribution in [0.4, 0.5) is 17.2 Å². The van der Waals surface area contributed by atoms with Gasteiger partial charge in [0.15, 0.2) is 5.65 Å². The Kier molecular flexibility index (Phi) is 4.51. The fourth-order valence-electron chi connectivity index (χ4n) is 3.74. The van der Waals surface area contributed by atoms with Crippen molar-refractivity contribution in [2.75, 3.05) is 11.1 Å². The Morgan fingerprint density at radius 1 is 1.19 bits per heavy atom. The van der Waals surface area contributed by atoms with Gasteiger partial charge < -0.3 is 16.8 Å². The largest absolute Gasteiger partial charge is 0.382 e. The maximum absolute atomic E-state index is 6.04. The number of nitrogen functional groups attached to an aromatic ring is 1. The monoisotopic (exact) mass is 350 g/mol. The molecule has 0 bridgehead atoms. The van der Waals surface area contributed by atoms with Crippen LogP contribution in [-0.2, 0) is 6.42 Å². The summed E-state index contributed by atoms with van der Waals surface area (Å²) in [5, 5.41) is 7.87. The molecule has 0 saturated heterocycles. The van der Waals surface area contributed by atoms with E-state index in [9.17, 15) is 0 Å². The number of rotatable bonds is 4. The second kappa shape index (κ2) is 6.96. The third kappa shape index (κ3) is 3.37. The van der Waals surface area contributed by atoms with E-state index in [1.54, 1.807) is 4.52 Å². The summed E-state index contributed by atoms with van der Waals surface area (Å²) in [6.45, 7) is 2.15. The van der Waals surface area contributed by atoms with Crippen LogP contribution in [0.15, 0.2) is 36.5 Å². The smallest absolute Gasteiger partial charge is 0.177 e. The average molecular weight is 350 g/mol. The lowest BCUT2D eigenvalue weighted by Gasteiger charge is -2.24. The van der Waals surface area contributed by atoms with Crippen LogP contribution < -0.4 is 16.8 Å². The zero-order valence-corrected chi connectivity index (χ0v) is 15.2. The van der Waals surface area contributed by atoms with Crippen LogP contribution in [0.5, 0.6) is 0 Å². The topological polar surface area (TPSA) is 94.3 Å². The number of hydrogen-bond acceptors (Lipinski definition) is 5. The highest BCUT2D eigenvalue weighted by molar-refractivity contribution is 5.75. The molecule has 6 nitrogen and oxygen atoms in total. The van der Waals surface area contributed by atoms with E-state index >= 15 is 0 Å². The summed E-state index contributed by atoms with van der Waals surface area (Å²) in [6.07, 6.45) is 7.30. The van der Waals surface area contributed by atoms with Gasteiger partial charge in [-0.25, -0.2) is 9.50 Å². The van der Waals surface area contributed by atoms with Gasteiger partial charge in [0.05, 0.1) is 17.6 Å². The minimum absolute atomic E-state index is 0.333. The van der Waals surface area contributed by atoms with Gasteiger partial charge in [-0.1, -0.05) is 19.1 Å². The molecular weight excluding hydrogens is 324 g/mol. The van der Waals surface area contributed by atoms with Crippen molar-refractivity contribution in [1.29, 1.82) is 0 Å². The minimum Gasteiger partial charge on any atom is -0.382 e. The molecule has 0 amide bonds. The number of anilines is 3. The van der Waals surface area contributed by atoms with Crippen molar-refractivity contribution < 1.29 is 0 Å². The van der Waals surface area contributed by atoms with Gasteiger partial charge in [-0.15, -0.1) is 5.10 Å². The Labute approximate surface area is 153 Å². The summed E-state index contributed by atoms with van der Waals surface area (Å²) < 4.78 is 1.80. The minimum atomic E-state index is 0.333. The number of benzene rings is 1. The van der Waals surface area contributed by atoms with Crippen molar-refractivity contribution in [2.45, 2.75) is 51.0 Å². The van der Waals surface area contributed by atoms with Crippen LogP contribution in [0.1, 0.15) is 49.8 Å². The van der Waals surface area contributed by atoms with Crippen LogP contribution in [-0.4, -0.2) is 20.6 Å². The summed E-state index contributed by atoms with van der Waals surface area (Å²) in [5.74, 6) is 0.926.